The van der Waals surface area contributed by atoms with E-state index in [1.807, 2.05) is 31.2 Å². The molecule has 0 amide bonds. The van der Waals surface area contributed by atoms with Crippen LogP contribution in [0.2, 0.25) is 0 Å². The van der Waals surface area contributed by atoms with Gasteiger partial charge in [0.05, 0.1) is 0 Å². The molecule has 0 atom stereocenters. The standard InChI is InChI=1S/C12H12N2O2/c1-8-4-3-5-9(6-8)10-7-14(2)13-11(10)12(15)16/h3-7H,1-2H3,(H,15,16). The van der Waals surface area contributed by atoms with E-state index < -0.39 is 5.97 Å². The summed E-state index contributed by atoms with van der Waals surface area (Å²) < 4.78 is 1.52. The Morgan fingerprint density at radius 1 is 1.44 bits per heavy atom. The van der Waals surface area contributed by atoms with E-state index in [9.17, 15) is 4.79 Å². The van der Waals surface area contributed by atoms with Gasteiger partial charge < -0.3 is 5.11 Å². The quantitative estimate of drug-likeness (QED) is 0.836. The molecule has 0 unspecified atom stereocenters. The van der Waals surface area contributed by atoms with Gasteiger partial charge in [0, 0.05) is 18.8 Å². The van der Waals surface area contributed by atoms with Gasteiger partial charge in [-0.15, -0.1) is 0 Å². The number of aryl methyl sites for hydroxylation is 2. The Morgan fingerprint density at radius 2 is 2.19 bits per heavy atom. The first-order valence-electron chi connectivity index (χ1n) is 4.92. The van der Waals surface area contributed by atoms with Crippen molar-refractivity contribution < 1.29 is 9.90 Å². The van der Waals surface area contributed by atoms with Gasteiger partial charge in [-0.2, -0.15) is 5.10 Å². The van der Waals surface area contributed by atoms with E-state index in [-0.39, 0.29) is 5.69 Å². The molecule has 0 fully saturated rings. The Morgan fingerprint density at radius 3 is 2.81 bits per heavy atom. The van der Waals surface area contributed by atoms with E-state index in [0.29, 0.717) is 5.56 Å². The molecule has 1 aromatic heterocycles. The van der Waals surface area contributed by atoms with Crippen LogP contribution < -0.4 is 0 Å². The zero-order valence-corrected chi connectivity index (χ0v) is 9.14. The molecular weight excluding hydrogens is 204 g/mol. The van der Waals surface area contributed by atoms with Gasteiger partial charge in [-0.3, -0.25) is 4.68 Å². The Hall–Kier alpha value is -2.10. The maximum atomic E-state index is 11.0. The van der Waals surface area contributed by atoms with Crippen molar-refractivity contribution >= 4 is 5.97 Å². The van der Waals surface area contributed by atoms with Crippen molar-refractivity contribution in [2.75, 3.05) is 0 Å². The van der Waals surface area contributed by atoms with Crippen LogP contribution in [0.4, 0.5) is 0 Å². The molecule has 16 heavy (non-hydrogen) atoms. The summed E-state index contributed by atoms with van der Waals surface area (Å²) in [6.07, 6.45) is 1.72. The number of benzene rings is 1. The van der Waals surface area contributed by atoms with Gasteiger partial charge in [-0.05, 0) is 12.5 Å². The summed E-state index contributed by atoms with van der Waals surface area (Å²) >= 11 is 0. The molecule has 82 valence electrons. The highest BCUT2D eigenvalue weighted by Gasteiger charge is 2.15. The summed E-state index contributed by atoms with van der Waals surface area (Å²) in [4.78, 5) is 11.0. The topological polar surface area (TPSA) is 55.1 Å². The third-order valence-corrected chi connectivity index (χ3v) is 2.36. The normalized spacial score (nSPS) is 10.4. The van der Waals surface area contributed by atoms with Crippen LogP contribution in [0.15, 0.2) is 30.5 Å². The van der Waals surface area contributed by atoms with Crippen LogP contribution in [0.5, 0.6) is 0 Å². The minimum absolute atomic E-state index is 0.0908. The fourth-order valence-corrected chi connectivity index (χ4v) is 1.67. The molecule has 0 radical (unpaired) electrons. The van der Waals surface area contributed by atoms with Crippen LogP contribution >= 0.6 is 0 Å². The molecule has 1 aromatic carbocycles. The van der Waals surface area contributed by atoms with Gasteiger partial charge in [-0.1, -0.05) is 29.8 Å². The Labute approximate surface area is 93.1 Å². The van der Waals surface area contributed by atoms with Gasteiger partial charge in [0.25, 0.3) is 0 Å². The Balaban J connectivity index is 2.59. The van der Waals surface area contributed by atoms with E-state index >= 15 is 0 Å². The molecule has 4 heteroatoms. The maximum Gasteiger partial charge on any atom is 0.357 e. The predicted molar refractivity (Wildman–Crippen MR) is 60.3 cm³/mol. The first kappa shape index (κ1) is 10.4. The second kappa shape index (κ2) is 3.81. The molecule has 4 nitrogen and oxygen atoms in total. The zero-order chi connectivity index (χ0) is 11.7. The SMILES string of the molecule is Cc1cccc(-c2cn(C)nc2C(=O)O)c1. The minimum Gasteiger partial charge on any atom is -0.476 e. The summed E-state index contributed by atoms with van der Waals surface area (Å²) in [5.41, 5.74) is 2.72. The molecular formula is C12H12N2O2. The highest BCUT2D eigenvalue weighted by molar-refractivity contribution is 5.93. The Kier molecular flexibility index (Phi) is 2.48. The van der Waals surface area contributed by atoms with Gasteiger partial charge in [0.1, 0.15) is 0 Å². The van der Waals surface area contributed by atoms with Crippen LogP contribution in [0.3, 0.4) is 0 Å². The number of aromatic carboxylic acids is 1. The van der Waals surface area contributed by atoms with Crippen molar-refractivity contribution in [3.8, 4) is 11.1 Å². The molecule has 1 N–H and O–H groups in total. The second-order valence-electron chi connectivity index (χ2n) is 3.74. The van der Waals surface area contributed by atoms with Crippen molar-refractivity contribution in [1.82, 2.24) is 9.78 Å². The summed E-state index contributed by atoms with van der Waals surface area (Å²) in [6.45, 7) is 1.97. The second-order valence-corrected chi connectivity index (χ2v) is 3.74. The summed E-state index contributed by atoms with van der Waals surface area (Å²) in [7, 11) is 1.71. The lowest BCUT2D eigenvalue weighted by atomic mass is 10.0. The van der Waals surface area contributed by atoms with E-state index in [0.717, 1.165) is 11.1 Å². The first-order valence-corrected chi connectivity index (χ1v) is 4.92. The lowest BCUT2D eigenvalue weighted by Crippen LogP contribution is -2.00. The maximum absolute atomic E-state index is 11.0. The average Bonchev–Trinajstić information content (AvgIpc) is 2.60. The van der Waals surface area contributed by atoms with Crippen molar-refractivity contribution in [1.29, 1.82) is 0 Å². The molecule has 2 rings (SSSR count). The first-order chi connectivity index (χ1) is 7.58. The molecule has 0 aliphatic carbocycles. The lowest BCUT2D eigenvalue weighted by Gasteiger charge is -2.00. The molecule has 0 saturated heterocycles. The number of carbonyl (C=O) groups is 1. The minimum atomic E-state index is -1.00. The summed E-state index contributed by atoms with van der Waals surface area (Å²) in [5, 5.41) is 13.0. The van der Waals surface area contributed by atoms with Crippen molar-refractivity contribution in [2.45, 2.75) is 6.92 Å². The number of carboxylic acid groups (broad SMARTS) is 1. The van der Waals surface area contributed by atoms with E-state index in [2.05, 4.69) is 5.10 Å². The van der Waals surface area contributed by atoms with Crippen molar-refractivity contribution in [3.05, 3.63) is 41.7 Å². The van der Waals surface area contributed by atoms with E-state index in [1.54, 1.807) is 13.2 Å². The predicted octanol–water partition coefficient (Wildman–Crippen LogP) is 2.09. The number of hydrogen-bond acceptors (Lipinski definition) is 2. The third kappa shape index (κ3) is 1.82. The largest absolute Gasteiger partial charge is 0.476 e. The van der Waals surface area contributed by atoms with E-state index in [1.165, 1.54) is 4.68 Å². The number of rotatable bonds is 2. The van der Waals surface area contributed by atoms with Crippen LogP contribution in [0, 0.1) is 6.92 Å². The average molecular weight is 216 g/mol. The fraction of sp³-hybridized carbons (Fsp3) is 0.167. The molecule has 0 aliphatic rings. The highest BCUT2D eigenvalue weighted by atomic mass is 16.4. The molecule has 0 spiro atoms. The van der Waals surface area contributed by atoms with E-state index in [4.69, 9.17) is 5.11 Å². The molecule has 0 saturated carbocycles. The van der Waals surface area contributed by atoms with Gasteiger partial charge >= 0.3 is 5.97 Å². The summed E-state index contributed by atoms with van der Waals surface area (Å²) in [5.74, 6) is -1.00. The van der Waals surface area contributed by atoms with Crippen LogP contribution in [0.25, 0.3) is 11.1 Å². The van der Waals surface area contributed by atoms with Crippen molar-refractivity contribution in [3.63, 3.8) is 0 Å². The number of carboxylic acids is 1. The van der Waals surface area contributed by atoms with Gasteiger partial charge in [-0.25, -0.2) is 4.79 Å². The number of hydrogen-bond donors (Lipinski definition) is 1. The monoisotopic (exact) mass is 216 g/mol. The van der Waals surface area contributed by atoms with Crippen molar-refractivity contribution in [2.24, 2.45) is 7.05 Å². The molecule has 0 aliphatic heterocycles. The number of aromatic nitrogens is 2. The van der Waals surface area contributed by atoms with Gasteiger partial charge in [0.15, 0.2) is 5.69 Å². The molecule has 1 heterocycles. The summed E-state index contributed by atoms with van der Waals surface area (Å²) in [6, 6.07) is 7.71. The highest BCUT2D eigenvalue weighted by Crippen LogP contribution is 2.23. The Bertz CT molecular complexity index is 544. The molecule has 0 bridgehead atoms. The fourth-order valence-electron chi connectivity index (χ4n) is 1.67. The smallest absolute Gasteiger partial charge is 0.357 e. The van der Waals surface area contributed by atoms with Gasteiger partial charge in [0.2, 0.25) is 0 Å². The van der Waals surface area contributed by atoms with Crippen LogP contribution in [-0.2, 0) is 7.05 Å². The number of nitrogens with zero attached hydrogens (tertiary/aromatic N) is 2. The van der Waals surface area contributed by atoms with Crippen LogP contribution in [0.1, 0.15) is 16.1 Å². The van der Waals surface area contributed by atoms with Crippen LogP contribution in [-0.4, -0.2) is 20.9 Å². The molecule has 2 aromatic rings. The third-order valence-electron chi connectivity index (χ3n) is 2.36. The zero-order valence-electron chi connectivity index (χ0n) is 9.14. The lowest BCUT2D eigenvalue weighted by molar-refractivity contribution is 0.0690.